The van der Waals surface area contributed by atoms with E-state index in [9.17, 15) is 0 Å². The van der Waals surface area contributed by atoms with E-state index in [0.29, 0.717) is 0 Å². The zero-order valence-corrected chi connectivity index (χ0v) is 16.3. The number of aromatic nitrogens is 4. The molecule has 144 valence electrons. The van der Waals surface area contributed by atoms with E-state index in [4.69, 9.17) is 19.6 Å². The molecule has 0 atom stereocenters. The van der Waals surface area contributed by atoms with E-state index in [1.165, 1.54) is 5.69 Å². The molecule has 2 aliphatic rings. The molecule has 0 radical (unpaired) electrons. The summed E-state index contributed by atoms with van der Waals surface area (Å²) in [6, 6.07) is 16.2. The van der Waals surface area contributed by atoms with Gasteiger partial charge in [-0.15, -0.1) is 0 Å². The second kappa shape index (κ2) is 5.73. The fourth-order valence-electron chi connectivity index (χ4n) is 4.29. The molecule has 29 heavy (non-hydrogen) atoms. The van der Waals surface area contributed by atoms with Crippen LogP contribution in [0.2, 0.25) is 0 Å². The highest BCUT2D eigenvalue weighted by molar-refractivity contribution is 5.74. The number of rotatable bonds is 2. The van der Waals surface area contributed by atoms with E-state index in [-0.39, 0.29) is 12.2 Å². The molecule has 3 heterocycles. The molecule has 0 saturated carbocycles. The molecule has 0 bridgehead atoms. The Morgan fingerprint density at radius 3 is 2.72 bits per heavy atom. The molecule has 1 aliphatic heterocycles. The van der Waals surface area contributed by atoms with Crippen LogP contribution in [0, 0.1) is 0 Å². The Morgan fingerprint density at radius 2 is 1.86 bits per heavy atom. The van der Waals surface area contributed by atoms with E-state index in [0.717, 1.165) is 51.9 Å². The average Bonchev–Trinajstić information content (AvgIpc) is 3.45. The van der Waals surface area contributed by atoms with Crippen molar-refractivity contribution < 1.29 is 9.47 Å². The van der Waals surface area contributed by atoms with E-state index in [2.05, 4.69) is 31.0 Å². The number of para-hydroxylation sites is 1. The number of aromatic amines is 1. The number of nitrogens with one attached hydrogen (secondary N) is 1. The number of imidazole rings is 1. The summed E-state index contributed by atoms with van der Waals surface area (Å²) in [5.74, 6) is 2.37. The minimum atomic E-state index is -0.111. The predicted molar refractivity (Wildman–Crippen MR) is 109 cm³/mol. The van der Waals surface area contributed by atoms with Gasteiger partial charge in [-0.3, -0.25) is 0 Å². The van der Waals surface area contributed by atoms with E-state index < -0.39 is 0 Å². The predicted octanol–water partition coefficient (Wildman–Crippen LogP) is 4.49. The third-order valence-electron chi connectivity index (χ3n) is 5.74. The first-order chi connectivity index (χ1) is 14.1. The van der Waals surface area contributed by atoms with Crippen LogP contribution in [-0.4, -0.2) is 26.5 Å². The molecule has 2 aromatic heterocycles. The number of hydrogen-bond acceptors (Lipinski definition) is 4. The summed E-state index contributed by atoms with van der Waals surface area (Å²) in [6.07, 6.45) is 2.81. The third kappa shape index (κ3) is 2.42. The van der Waals surface area contributed by atoms with Crippen LogP contribution >= 0.6 is 0 Å². The van der Waals surface area contributed by atoms with Crippen molar-refractivity contribution in [2.24, 2.45) is 0 Å². The second-order valence-electron chi connectivity index (χ2n) is 8.19. The molecule has 1 aliphatic carbocycles. The molecule has 0 fully saturated rings. The molecule has 4 aromatic rings. The van der Waals surface area contributed by atoms with Gasteiger partial charge in [-0.2, -0.15) is 5.10 Å². The number of benzene rings is 2. The number of H-pyrrole nitrogens is 1. The van der Waals surface area contributed by atoms with Crippen molar-refractivity contribution in [3.63, 3.8) is 0 Å². The molecule has 0 unspecified atom stereocenters. The maximum absolute atomic E-state index is 5.53. The second-order valence-corrected chi connectivity index (χ2v) is 8.19. The van der Waals surface area contributed by atoms with Gasteiger partial charge in [-0.25, -0.2) is 9.67 Å². The smallest absolute Gasteiger partial charge is 0.231 e. The number of fused-ring (bicyclic) bond motifs is 4. The van der Waals surface area contributed by atoms with Crippen LogP contribution in [0.25, 0.3) is 28.3 Å². The molecule has 1 N–H and O–H groups in total. The molecule has 6 heteroatoms. The Morgan fingerprint density at radius 1 is 1.03 bits per heavy atom. The van der Waals surface area contributed by atoms with Gasteiger partial charge in [-0.05, 0) is 30.3 Å². The van der Waals surface area contributed by atoms with Crippen molar-refractivity contribution >= 4 is 0 Å². The Hall–Kier alpha value is -3.54. The van der Waals surface area contributed by atoms with Gasteiger partial charge >= 0.3 is 0 Å². The molecular weight excluding hydrogens is 364 g/mol. The Balaban J connectivity index is 1.50. The van der Waals surface area contributed by atoms with E-state index >= 15 is 0 Å². The minimum Gasteiger partial charge on any atom is -0.454 e. The van der Waals surface area contributed by atoms with Crippen molar-refractivity contribution in [3.05, 3.63) is 66.1 Å². The standard InChI is InChI=1S/C23H20N4O2/c1-23(2)11-17-16(12-24-27(17)15-6-4-3-5-7-15)20-21(23)26-22(25-20)14-8-9-18-19(10-14)29-13-28-18/h3-10,12H,11,13H2,1-2H3,(H,25,26). The van der Waals surface area contributed by atoms with Crippen molar-refractivity contribution in [1.82, 2.24) is 19.7 Å². The SMILES string of the molecule is CC1(C)Cc2c(cnn2-c2ccccc2)-c2[nH]c(-c3ccc4c(c3)OCO4)nc21. The fraction of sp³-hybridized carbons (Fsp3) is 0.217. The summed E-state index contributed by atoms with van der Waals surface area (Å²) in [4.78, 5) is 8.55. The lowest BCUT2D eigenvalue weighted by atomic mass is 9.77. The Bertz CT molecular complexity index is 1240. The number of nitrogens with zero attached hydrogens (tertiary/aromatic N) is 3. The lowest BCUT2D eigenvalue weighted by Gasteiger charge is -2.29. The van der Waals surface area contributed by atoms with Gasteiger partial charge in [0.15, 0.2) is 11.5 Å². The maximum Gasteiger partial charge on any atom is 0.231 e. The van der Waals surface area contributed by atoms with Crippen LogP contribution in [0.5, 0.6) is 11.5 Å². The molecular formula is C23H20N4O2. The normalized spacial score (nSPS) is 15.8. The van der Waals surface area contributed by atoms with Gasteiger partial charge in [0.2, 0.25) is 6.79 Å². The van der Waals surface area contributed by atoms with Crippen LogP contribution in [0.3, 0.4) is 0 Å². The van der Waals surface area contributed by atoms with Crippen LogP contribution in [-0.2, 0) is 11.8 Å². The molecule has 0 saturated heterocycles. The average molecular weight is 384 g/mol. The van der Waals surface area contributed by atoms with Crippen LogP contribution in [0.4, 0.5) is 0 Å². The maximum atomic E-state index is 5.53. The zero-order valence-electron chi connectivity index (χ0n) is 16.3. The quantitative estimate of drug-likeness (QED) is 0.553. The third-order valence-corrected chi connectivity index (χ3v) is 5.74. The first-order valence-corrected chi connectivity index (χ1v) is 9.73. The van der Waals surface area contributed by atoms with Crippen molar-refractivity contribution in [3.8, 4) is 39.8 Å². The summed E-state index contributed by atoms with van der Waals surface area (Å²) < 4.78 is 13.0. The monoisotopic (exact) mass is 384 g/mol. The summed E-state index contributed by atoms with van der Waals surface area (Å²) in [6.45, 7) is 4.74. The molecule has 0 amide bonds. The highest BCUT2D eigenvalue weighted by Gasteiger charge is 2.37. The van der Waals surface area contributed by atoms with Crippen molar-refractivity contribution in [2.45, 2.75) is 25.7 Å². The topological polar surface area (TPSA) is 65.0 Å². The molecule has 6 nitrogen and oxygen atoms in total. The van der Waals surface area contributed by atoms with Gasteiger partial charge in [0, 0.05) is 23.0 Å². The summed E-state index contributed by atoms with van der Waals surface area (Å²) in [5, 5.41) is 4.69. The van der Waals surface area contributed by atoms with Gasteiger partial charge in [0.25, 0.3) is 0 Å². The van der Waals surface area contributed by atoms with Crippen molar-refractivity contribution in [2.75, 3.05) is 6.79 Å². The van der Waals surface area contributed by atoms with E-state index in [1.807, 2.05) is 47.3 Å². The van der Waals surface area contributed by atoms with E-state index in [1.54, 1.807) is 0 Å². The molecule has 6 rings (SSSR count). The lowest BCUT2D eigenvalue weighted by Crippen LogP contribution is -2.27. The zero-order chi connectivity index (χ0) is 19.6. The minimum absolute atomic E-state index is 0.111. The van der Waals surface area contributed by atoms with Gasteiger partial charge in [0.05, 0.1) is 29.0 Å². The summed E-state index contributed by atoms with van der Waals surface area (Å²) in [5.41, 5.74) is 6.38. The highest BCUT2D eigenvalue weighted by atomic mass is 16.7. The van der Waals surface area contributed by atoms with Crippen LogP contribution in [0.1, 0.15) is 25.2 Å². The van der Waals surface area contributed by atoms with Crippen LogP contribution in [0.15, 0.2) is 54.7 Å². The van der Waals surface area contributed by atoms with Crippen molar-refractivity contribution in [1.29, 1.82) is 0 Å². The Kier molecular flexibility index (Phi) is 3.25. The molecule has 2 aromatic carbocycles. The van der Waals surface area contributed by atoms with Crippen LogP contribution < -0.4 is 9.47 Å². The van der Waals surface area contributed by atoms with Gasteiger partial charge in [0.1, 0.15) is 5.82 Å². The first kappa shape index (κ1) is 16.4. The highest BCUT2D eigenvalue weighted by Crippen LogP contribution is 2.44. The Labute approximate surface area is 168 Å². The summed E-state index contributed by atoms with van der Waals surface area (Å²) in [7, 11) is 0. The molecule has 0 spiro atoms. The van der Waals surface area contributed by atoms with Gasteiger partial charge < -0.3 is 14.5 Å². The lowest BCUT2D eigenvalue weighted by molar-refractivity contribution is 0.174. The van der Waals surface area contributed by atoms with Gasteiger partial charge in [-0.1, -0.05) is 32.0 Å². The first-order valence-electron chi connectivity index (χ1n) is 9.73. The largest absolute Gasteiger partial charge is 0.454 e. The number of ether oxygens (including phenoxy) is 2. The summed E-state index contributed by atoms with van der Waals surface area (Å²) >= 11 is 0. The number of hydrogen-bond donors (Lipinski definition) is 1. The fourth-order valence-corrected chi connectivity index (χ4v) is 4.29.